The van der Waals surface area contributed by atoms with E-state index < -0.39 is 0 Å². The lowest BCUT2D eigenvalue weighted by molar-refractivity contribution is 1.11. The molecule has 2 aromatic carbocycles. The third-order valence-corrected chi connectivity index (χ3v) is 3.44. The number of allylic oxidation sites excluding steroid dienone is 1. The van der Waals surface area contributed by atoms with Crippen molar-refractivity contribution in [2.24, 2.45) is 0 Å². The highest BCUT2D eigenvalue weighted by Crippen LogP contribution is 2.29. The summed E-state index contributed by atoms with van der Waals surface area (Å²) in [7, 11) is 0. The summed E-state index contributed by atoms with van der Waals surface area (Å²) >= 11 is 0. The second-order valence-electron chi connectivity index (χ2n) is 4.63. The molecule has 0 saturated heterocycles. The maximum atomic E-state index is 7.81. The number of aromatic nitrogens is 1. The summed E-state index contributed by atoms with van der Waals surface area (Å²) < 4.78 is 2.14. The standard InChI is InChI=1S/C18H16N2/c1-2-8-15-16-11-6-7-12-17(16)20(18(15)13-19)14-9-4-3-5-10-14/h2-13,19H,1H3/b8-2-,19-13?. The molecule has 2 nitrogen and oxygen atoms in total. The fourth-order valence-corrected chi connectivity index (χ4v) is 2.62. The van der Waals surface area contributed by atoms with Crippen LogP contribution in [0.2, 0.25) is 0 Å². The maximum Gasteiger partial charge on any atom is 0.0716 e. The van der Waals surface area contributed by atoms with Crippen LogP contribution in [0.15, 0.2) is 60.7 Å². The van der Waals surface area contributed by atoms with Crippen LogP contribution in [-0.4, -0.2) is 10.8 Å². The molecular formula is C18H16N2. The Morgan fingerprint density at radius 3 is 2.35 bits per heavy atom. The van der Waals surface area contributed by atoms with E-state index in [0.29, 0.717) is 0 Å². The van der Waals surface area contributed by atoms with Gasteiger partial charge in [0.15, 0.2) is 0 Å². The number of nitrogens with one attached hydrogen (secondary N) is 1. The summed E-state index contributed by atoms with van der Waals surface area (Å²) in [5.41, 5.74) is 4.22. The molecule has 0 unspecified atom stereocenters. The van der Waals surface area contributed by atoms with Crippen molar-refractivity contribution in [1.29, 1.82) is 5.41 Å². The van der Waals surface area contributed by atoms with Crippen LogP contribution >= 0.6 is 0 Å². The number of benzene rings is 2. The van der Waals surface area contributed by atoms with E-state index in [1.165, 1.54) is 11.6 Å². The summed E-state index contributed by atoms with van der Waals surface area (Å²) in [5, 5.41) is 8.98. The maximum absolute atomic E-state index is 7.81. The van der Waals surface area contributed by atoms with Crippen molar-refractivity contribution in [2.75, 3.05) is 0 Å². The molecule has 0 aliphatic rings. The Kier molecular flexibility index (Phi) is 3.21. The zero-order valence-corrected chi connectivity index (χ0v) is 11.4. The van der Waals surface area contributed by atoms with Gasteiger partial charge in [0, 0.05) is 22.9 Å². The highest BCUT2D eigenvalue weighted by atomic mass is 15.0. The fraction of sp³-hybridized carbons (Fsp3) is 0.0556. The first-order chi connectivity index (χ1) is 9.86. The van der Waals surface area contributed by atoms with Gasteiger partial charge in [0.25, 0.3) is 0 Å². The summed E-state index contributed by atoms with van der Waals surface area (Å²) in [6.45, 7) is 2.00. The molecule has 1 N–H and O–H groups in total. The molecule has 0 amide bonds. The van der Waals surface area contributed by atoms with Gasteiger partial charge in [-0.3, -0.25) is 0 Å². The first-order valence-electron chi connectivity index (χ1n) is 6.69. The number of hydrogen-bond acceptors (Lipinski definition) is 1. The summed E-state index contributed by atoms with van der Waals surface area (Å²) in [6, 6.07) is 18.5. The Morgan fingerprint density at radius 1 is 0.950 bits per heavy atom. The number of para-hydroxylation sites is 2. The van der Waals surface area contributed by atoms with Crippen molar-refractivity contribution in [3.63, 3.8) is 0 Å². The molecule has 0 bridgehead atoms. The molecule has 0 fully saturated rings. The minimum Gasteiger partial charge on any atom is -0.308 e. The van der Waals surface area contributed by atoms with Crippen LogP contribution in [0.1, 0.15) is 18.2 Å². The highest BCUT2D eigenvalue weighted by molar-refractivity contribution is 6.00. The van der Waals surface area contributed by atoms with Crippen molar-refractivity contribution in [2.45, 2.75) is 6.92 Å². The lowest BCUT2D eigenvalue weighted by atomic mass is 10.1. The first kappa shape index (κ1) is 12.4. The molecular weight excluding hydrogens is 244 g/mol. The quantitative estimate of drug-likeness (QED) is 0.663. The average molecular weight is 260 g/mol. The molecule has 0 atom stereocenters. The lowest BCUT2D eigenvalue weighted by Crippen LogP contribution is -1.99. The van der Waals surface area contributed by atoms with E-state index in [0.717, 1.165) is 22.5 Å². The van der Waals surface area contributed by atoms with Crippen LogP contribution in [0.25, 0.3) is 22.7 Å². The molecule has 0 aliphatic heterocycles. The predicted molar refractivity (Wildman–Crippen MR) is 85.9 cm³/mol. The highest BCUT2D eigenvalue weighted by Gasteiger charge is 2.14. The normalized spacial score (nSPS) is 11.2. The largest absolute Gasteiger partial charge is 0.308 e. The van der Waals surface area contributed by atoms with Crippen molar-refractivity contribution >= 4 is 23.2 Å². The van der Waals surface area contributed by atoms with Gasteiger partial charge in [-0.1, -0.05) is 48.6 Å². The Balaban J connectivity index is 2.44. The summed E-state index contributed by atoms with van der Waals surface area (Å²) in [5.74, 6) is 0. The van der Waals surface area contributed by atoms with Crippen LogP contribution in [0, 0.1) is 5.41 Å². The molecule has 2 heteroatoms. The molecule has 3 aromatic rings. The smallest absolute Gasteiger partial charge is 0.0716 e. The van der Waals surface area contributed by atoms with Gasteiger partial charge in [-0.2, -0.15) is 0 Å². The topological polar surface area (TPSA) is 28.8 Å². The van der Waals surface area contributed by atoms with Crippen LogP contribution in [-0.2, 0) is 0 Å². The van der Waals surface area contributed by atoms with Gasteiger partial charge < -0.3 is 9.98 Å². The molecule has 1 aromatic heterocycles. The SMILES string of the molecule is C/C=C\c1c(C=N)n(-c2ccccc2)c2ccccc12. The van der Waals surface area contributed by atoms with E-state index in [2.05, 4.69) is 34.9 Å². The van der Waals surface area contributed by atoms with Gasteiger partial charge in [0.2, 0.25) is 0 Å². The summed E-state index contributed by atoms with van der Waals surface area (Å²) in [4.78, 5) is 0. The number of fused-ring (bicyclic) bond motifs is 1. The second-order valence-corrected chi connectivity index (χ2v) is 4.63. The molecule has 0 saturated carbocycles. The van der Waals surface area contributed by atoms with Crippen molar-refractivity contribution in [3.05, 3.63) is 71.9 Å². The third kappa shape index (κ3) is 1.86. The van der Waals surface area contributed by atoms with E-state index in [1.54, 1.807) is 0 Å². The monoisotopic (exact) mass is 260 g/mol. The zero-order valence-electron chi connectivity index (χ0n) is 11.4. The van der Waals surface area contributed by atoms with Crippen LogP contribution in [0.5, 0.6) is 0 Å². The second kappa shape index (κ2) is 5.17. The van der Waals surface area contributed by atoms with Gasteiger partial charge in [0.05, 0.1) is 11.2 Å². The first-order valence-corrected chi connectivity index (χ1v) is 6.69. The van der Waals surface area contributed by atoms with Crippen molar-refractivity contribution < 1.29 is 0 Å². The van der Waals surface area contributed by atoms with E-state index >= 15 is 0 Å². The van der Waals surface area contributed by atoms with Crippen molar-refractivity contribution in [1.82, 2.24) is 4.57 Å². The number of nitrogens with zero attached hydrogens (tertiary/aromatic N) is 1. The van der Waals surface area contributed by atoms with Gasteiger partial charge in [-0.25, -0.2) is 0 Å². The molecule has 0 radical (unpaired) electrons. The van der Waals surface area contributed by atoms with Gasteiger partial charge >= 0.3 is 0 Å². The molecule has 98 valence electrons. The molecule has 20 heavy (non-hydrogen) atoms. The zero-order chi connectivity index (χ0) is 13.9. The Bertz CT molecular complexity index is 780. The fourth-order valence-electron chi connectivity index (χ4n) is 2.62. The van der Waals surface area contributed by atoms with Gasteiger partial charge in [-0.05, 0) is 25.1 Å². The van der Waals surface area contributed by atoms with Crippen LogP contribution < -0.4 is 0 Å². The third-order valence-electron chi connectivity index (χ3n) is 3.44. The van der Waals surface area contributed by atoms with Crippen LogP contribution in [0.3, 0.4) is 0 Å². The van der Waals surface area contributed by atoms with E-state index in [4.69, 9.17) is 5.41 Å². The summed E-state index contributed by atoms with van der Waals surface area (Å²) in [6.07, 6.45) is 5.52. The van der Waals surface area contributed by atoms with E-state index in [-0.39, 0.29) is 0 Å². The van der Waals surface area contributed by atoms with Gasteiger partial charge in [0.1, 0.15) is 0 Å². The average Bonchev–Trinajstić information content (AvgIpc) is 2.82. The Labute approximate surface area is 118 Å². The Hall–Kier alpha value is -2.61. The number of hydrogen-bond donors (Lipinski definition) is 1. The lowest BCUT2D eigenvalue weighted by Gasteiger charge is -2.08. The molecule has 0 spiro atoms. The minimum atomic E-state index is 0.913. The van der Waals surface area contributed by atoms with E-state index in [1.807, 2.05) is 43.3 Å². The predicted octanol–water partition coefficient (Wildman–Crippen LogP) is 4.66. The molecule has 1 heterocycles. The van der Waals surface area contributed by atoms with Crippen LogP contribution in [0.4, 0.5) is 0 Å². The Morgan fingerprint density at radius 2 is 1.65 bits per heavy atom. The van der Waals surface area contributed by atoms with Gasteiger partial charge in [-0.15, -0.1) is 0 Å². The molecule has 3 rings (SSSR count). The minimum absolute atomic E-state index is 0.913. The van der Waals surface area contributed by atoms with E-state index in [9.17, 15) is 0 Å². The molecule has 0 aliphatic carbocycles. The van der Waals surface area contributed by atoms with Crippen molar-refractivity contribution in [3.8, 4) is 5.69 Å². The number of rotatable bonds is 3.